The number of hydrogen-bond acceptors (Lipinski definition) is 2. The largest absolute Gasteiger partial charge is 0.338 e. The Hall–Kier alpha value is -2.04. The van der Waals surface area contributed by atoms with Crippen LogP contribution >= 0.6 is 0 Å². The fourth-order valence-corrected chi connectivity index (χ4v) is 1.42. The maximum atomic E-state index is 13.7. The van der Waals surface area contributed by atoms with Gasteiger partial charge in [0.05, 0.1) is 0 Å². The van der Waals surface area contributed by atoms with E-state index in [0.717, 1.165) is 18.2 Å². The summed E-state index contributed by atoms with van der Waals surface area (Å²) in [6.45, 7) is 1.34. The molecule has 3 nitrogen and oxygen atoms in total. The van der Waals surface area contributed by atoms with Crippen LogP contribution in [0, 0.1) is 18.6 Å². The van der Waals surface area contributed by atoms with E-state index in [2.05, 4.69) is 0 Å². The maximum Gasteiger partial charge on any atom is 0.246 e. The Balaban J connectivity index is 2.85. The van der Waals surface area contributed by atoms with Crippen LogP contribution in [0.3, 0.4) is 0 Å². The van der Waals surface area contributed by atoms with Crippen LogP contribution in [0.5, 0.6) is 0 Å². The van der Waals surface area contributed by atoms with Crippen LogP contribution in [0.4, 0.5) is 8.78 Å². The van der Waals surface area contributed by atoms with E-state index in [4.69, 9.17) is 0 Å². The minimum atomic E-state index is -0.658. The third-order valence-electron chi connectivity index (χ3n) is 2.50. The van der Waals surface area contributed by atoms with Crippen molar-refractivity contribution in [3.05, 3.63) is 47.0 Å². The molecule has 0 aliphatic rings. The zero-order chi connectivity index (χ0) is 13.7. The number of aldehydes is 1. The van der Waals surface area contributed by atoms with Crippen molar-refractivity contribution in [1.82, 2.24) is 4.90 Å². The SMILES string of the molecule is Cc1c(F)ccc(CN(C)C(=O)/C=C\C=O)c1F. The Bertz CT molecular complexity index is 498. The monoisotopic (exact) mass is 253 g/mol. The molecule has 5 heteroatoms. The predicted molar refractivity (Wildman–Crippen MR) is 62.8 cm³/mol. The molecule has 1 aromatic carbocycles. The van der Waals surface area contributed by atoms with Crippen LogP contribution in [0.15, 0.2) is 24.3 Å². The van der Waals surface area contributed by atoms with Gasteiger partial charge in [-0.2, -0.15) is 0 Å². The lowest BCUT2D eigenvalue weighted by Gasteiger charge is -2.16. The lowest BCUT2D eigenvalue weighted by atomic mass is 10.1. The predicted octanol–water partition coefficient (Wildman–Crippen LogP) is 1.99. The highest BCUT2D eigenvalue weighted by Crippen LogP contribution is 2.17. The fraction of sp³-hybridized carbons (Fsp3) is 0.231. The van der Waals surface area contributed by atoms with Gasteiger partial charge in [-0.15, -0.1) is 0 Å². The summed E-state index contributed by atoms with van der Waals surface area (Å²) in [5.74, 6) is -1.71. The topological polar surface area (TPSA) is 37.4 Å². The Morgan fingerprint density at radius 2 is 2.06 bits per heavy atom. The number of carbonyl (C=O) groups excluding carboxylic acids is 2. The van der Waals surface area contributed by atoms with Crippen LogP contribution in [0.1, 0.15) is 11.1 Å². The number of nitrogens with zero attached hydrogens (tertiary/aromatic N) is 1. The molecule has 0 fully saturated rings. The molecule has 0 saturated carbocycles. The number of hydrogen-bond donors (Lipinski definition) is 0. The third kappa shape index (κ3) is 3.23. The molecule has 96 valence electrons. The van der Waals surface area contributed by atoms with E-state index in [9.17, 15) is 18.4 Å². The highest BCUT2D eigenvalue weighted by molar-refractivity contribution is 5.90. The second-order valence-electron chi connectivity index (χ2n) is 3.83. The summed E-state index contributed by atoms with van der Waals surface area (Å²) in [6, 6.07) is 2.46. The summed E-state index contributed by atoms with van der Waals surface area (Å²) in [5.41, 5.74) is 0.154. The first-order valence-corrected chi connectivity index (χ1v) is 5.27. The molecule has 0 heterocycles. The van der Waals surface area contributed by atoms with E-state index < -0.39 is 17.5 Å². The molecular formula is C13H13F2NO2. The van der Waals surface area contributed by atoms with E-state index >= 15 is 0 Å². The van der Waals surface area contributed by atoms with Crippen LogP contribution in [0.2, 0.25) is 0 Å². The first kappa shape index (κ1) is 14.0. The van der Waals surface area contributed by atoms with E-state index in [1.807, 2.05) is 0 Å². The molecule has 0 unspecified atom stereocenters. The first-order valence-electron chi connectivity index (χ1n) is 5.27. The van der Waals surface area contributed by atoms with E-state index in [1.54, 1.807) is 0 Å². The third-order valence-corrected chi connectivity index (χ3v) is 2.50. The lowest BCUT2D eigenvalue weighted by Crippen LogP contribution is -2.25. The smallest absolute Gasteiger partial charge is 0.246 e. The van der Waals surface area contributed by atoms with Gasteiger partial charge in [0.1, 0.15) is 17.9 Å². The lowest BCUT2D eigenvalue weighted by molar-refractivity contribution is -0.125. The number of carbonyl (C=O) groups is 2. The van der Waals surface area contributed by atoms with Crippen molar-refractivity contribution in [2.45, 2.75) is 13.5 Å². The van der Waals surface area contributed by atoms with Crippen molar-refractivity contribution in [2.75, 3.05) is 7.05 Å². The van der Waals surface area contributed by atoms with Crippen molar-refractivity contribution < 1.29 is 18.4 Å². The first-order chi connectivity index (χ1) is 8.47. The Kier molecular flexibility index (Phi) is 4.71. The van der Waals surface area contributed by atoms with Gasteiger partial charge < -0.3 is 4.90 Å². The highest BCUT2D eigenvalue weighted by Gasteiger charge is 2.13. The molecule has 0 bridgehead atoms. The van der Waals surface area contributed by atoms with Crippen LogP contribution in [-0.4, -0.2) is 24.1 Å². The number of amides is 1. The molecule has 0 N–H and O–H groups in total. The van der Waals surface area contributed by atoms with Gasteiger partial charge in [0.15, 0.2) is 0 Å². The number of benzene rings is 1. The zero-order valence-electron chi connectivity index (χ0n) is 10.1. The van der Waals surface area contributed by atoms with Gasteiger partial charge in [0, 0.05) is 30.8 Å². The standard InChI is InChI=1S/C13H13F2NO2/c1-9-11(14)6-5-10(13(9)15)8-16(2)12(18)4-3-7-17/h3-7H,8H2,1-2H3/b4-3-. The number of allylic oxidation sites excluding steroid dienone is 1. The van der Waals surface area contributed by atoms with Gasteiger partial charge in [-0.3, -0.25) is 9.59 Å². The summed E-state index contributed by atoms with van der Waals surface area (Å²) in [4.78, 5) is 22.8. The molecule has 0 aliphatic carbocycles. The molecule has 0 radical (unpaired) electrons. The molecule has 0 atom stereocenters. The van der Waals surface area contributed by atoms with Gasteiger partial charge >= 0.3 is 0 Å². The Labute approximate surface area is 104 Å². The minimum Gasteiger partial charge on any atom is -0.338 e. The van der Waals surface area contributed by atoms with E-state index in [0.29, 0.717) is 6.29 Å². The van der Waals surface area contributed by atoms with Crippen molar-refractivity contribution in [3.63, 3.8) is 0 Å². The van der Waals surface area contributed by atoms with Gasteiger partial charge in [-0.1, -0.05) is 6.07 Å². The van der Waals surface area contributed by atoms with Gasteiger partial charge in [-0.05, 0) is 19.1 Å². The molecular weight excluding hydrogens is 240 g/mol. The van der Waals surface area contributed by atoms with Crippen molar-refractivity contribution in [1.29, 1.82) is 0 Å². The van der Waals surface area contributed by atoms with Crippen LogP contribution in [0.25, 0.3) is 0 Å². The summed E-state index contributed by atoms with van der Waals surface area (Å²) >= 11 is 0. The van der Waals surface area contributed by atoms with Crippen molar-refractivity contribution in [3.8, 4) is 0 Å². The number of likely N-dealkylation sites (N-methyl/N-ethyl adjacent to an activating group) is 1. The molecule has 0 saturated heterocycles. The van der Waals surface area contributed by atoms with Gasteiger partial charge in [0.2, 0.25) is 5.91 Å². The summed E-state index contributed by atoms with van der Waals surface area (Å²) in [7, 11) is 1.47. The van der Waals surface area contributed by atoms with Gasteiger partial charge in [0.25, 0.3) is 0 Å². The minimum absolute atomic E-state index is 0.00891. The normalized spacial score (nSPS) is 10.7. The molecule has 18 heavy (non-hydrogen) atoms. The fourth-order valence-electron chi connectivity index (χ4n) is 1.42. The molecule has 1 amide bonds. The van der Waals surface area contributed by atoms with Crippen molar-refractivity contribution >= 4 is 12.2 Å². The van der Waals surface area contributed by atoms with E-state index in [-0.39, 0.29) is 17.7 Å². The average Bonchev–Trinajstić information content (AvgIpc) is 2.36. The van der Waals surface area contributed by atoms with Gasteiger partial charge in [-0.25, -0.2) is 8.78 Å². The maximum absolute atomic E-state index is 13.7. The molecule has 1 aromatic rings. The number of rotatable bonds is 4. The summed E-state index contributed by atoms with van der Waals surface area (Å²) in [5, 5.41) is 0. The van der Waals surface area contributed by atoms with E-state index in [1.165, 1.54) is 24.9 Å². The molecule has 0 aromatic heterocycles. The Morgan fingerprint density at radius 1 is 1.39 bits per heavy atom. The quantitative estimate of drug-likeness (QED) is 0.608. The van der Waals surface area contributed by atoms with Crippen LogP contribution < -0.4 is 0 Å². The Morgan fingerprint density at radius 3 is 2.67 bits per heavy atom. The molecule has 0 spiro atoms. The zero-order valence-corrected chi connectivity index (χ0v) is 10.1. The summed E-state index contributed by atoms with van der Waals surface area (Å²) < 4.78 is 26.7. The average molecular weight is 253 g/mol. The number of halogens is 2. The molecule has 1 rings (SSSR count). The van der Waals surface area contributed by atoms with Crippen molar-refractivity contribution in [2.24, 2.45) is 0 Å². The second-order valence-corrected chi connectivity index (χ2v) is 3.83. The summed E-state index contributed by atoms with van der Waals surface area (Å²) in [6.07, 6.45) is 2.63. The second kappa shape index (κ2) is 6.05. The molecule has 0 aliphatic heterocycles. The highest BCUT2D eigenvalue weighted by atomic mass is 19.1. The van der Waals surface area contributed by atoms with Crippen LogP contribution in [-0.2, 0) is 16.1 Å².